The Hall–Kier alpha value is -1.29. The zero-order chi connectivity index (χ0) is 17.7. The lowest BCUT2D eigenvalue weighted by Gasteiger charge is -2.25. The van der Waals surface area contributed by atoms with Crippen LogP contribution in [0.25, 0.3) is 0 Å². The second-order valence-electron chi connectivity index (χ2n) is 6.37. The quantitative estimate of drug-likeness (QED) is 0.646. The Balaban J connectivity index is 2.12. The van der Waals surface area contributed by atoms with Crippen molar-refractivity contribution in [1.29, 1.82) is 0 Å². The maximum absolute atomic E-state index is 13.1. The monoisotopic (exact) mass is 369 g/mol. The molecule has 0 saturated carbocycles. The fourth-order valence-electron chi connectivity index (χ4n) is 2.08. The number of hydrogen-bond donors (Lipinski definition) is 1. The third-order valence-electron chi connectivity index (χ3n) is 4.06. The number of halogens is 3. The Kier molecular flexibility index (Phi) is 6.50. The van der Waals surface area contributed by atoms with E-state index in [1.807, 2.05) is 12.1 Å². The number of nitrogens with one attached hydrogen (secondary N) is 1. The van der Waals surface area contributed by atoms with E-state index in [1.165, 1.54) is 12.1 Å². The summed E-state index contributed by atoms with van der Waals surface area (Å²) in [5.74, 6) is 0.376. The number of ether oxygens (including phenoxy) is 1. The van der Waals surface area contributed by atoms with Gasteiger partial charge in [0.2, 0.25) is 0 Å². The first kappa shape index (κ1) is 19.0. The first-order valence-corrected chi connectivity index (χ1v) is 8.66. The average molecular weight is 370 g/mol. The van der Waals surface area contributed by atoms with E-state index in [9.17, 15) is 4.39 Å². The number of rotatable bonds is 7. The van der Waals surface area contributed by atoms with Crippen LogP contribution in [0.2, 0.25) is 10.0 Å². The van der Waals surface area contributed by atoms with E-state index < -0.39 is 0 Å². The second-order valence-corrected chi connectivity index (χ2v) is 7.21. The Bertz CT molecular complexity index is 704. The fraction of sp³-hybridized carbons (Fsp3) is 0.368. The molecule has 0 bridgehead atoms. The zero-order valence-corrected chi connectivity index (χ0v) is 15.6. The molecule has 1 N–H and O–H groups in total. The number of hydrogen-bond acceptors (Lipinski definition) is 2. The molecular formula is C19H22Cl2FNO. The highest BCUT2D eigenvalue weighted by molar-refractivity contribution is 6.31. The lowest BCUT2D eigenvalue weighted by molar-refractivity contribution is 0.298. The normalized spacial score (nSPS) is 11.6. The van der Waals surface area contributed by atoms with Crippen LogP contribution in [0, 0.1) is 5.82 Å². The highest BCUT2D eigenvalue weighted by Crippen LogP contribution is 2.26. The van der Waals surface area contributed by atoms with Crippen molar-refractivity contribution in [2.75, 3.05) is 0 Å². The van der Waals surface area contributed by atoms with Crippen LogP contribution in [0.4, 0.5) is 4.39 Å². The average Bonchev–Trinajstić information content (AvgIpc) is 2.53. The highest BCUT2D eigenvalue weighted by atomic mass is 35.5. The zero-order valence-electron chi connectivity index (χ0n) is 14.1. The van der Waals surface area contributed by atoms with Gasteiger partial charge in [0.25, 0.3) is 0 Å². The van der Waals surface area contributed by atoms with Gasteiger partial charge >= 0.3 is 0 Å². The Morgan fingerprint density at radius 3 is 2.50 bits per heavy atom. The third kappa shape index (κ3) is 5.37. The van der Waals surface area contributed by atoms with Gasteiger partial charge in [0.1, 0.15) is 18.2 Å². The molecular weight excluding hydrogens is 348 g/mol. The van der Waals surface area contributed by atoms with Crippen molar-refractivity contribution in [3.05, 3.63) is 63.4 Å². The third-order valence-corrected chi connectivity index (χ3v) is 4.65. The predicted molar refractivity (Wildman–Crippen MR) is 98.4 cm³/mol. The predicted octanol–water partition coefficient (Wildman–Crippen LogP) is 5.99. The van der Waals surface area contributed by atoms with E-state index in [4.69, 9.17) is 27.9 Å². The molecule has 24 heavy (non-hydrogen) atoms. The molecule has 2 nitrogen and oxygen atoms in total. The Morgan fingerprint density at radius 1 is 1.08 bits per heavy atom. The topological polar surface area (TPSA) is 21.3 Å². The van der Waals surface area contributed by atoms with Gasteiger partial charge in [0.15, 0.2) is 0 Å². The molecule has 0 aliphatic carbocycles. The maximum Gasteiger partial charge on any atom is 0.124 e. The largest absolute Gasteiger partial charge is 0.489 e. The minimum absolute atomic E-state index is 0.0276. The number of benzene rings is 2. The molecule has 0 fully saturated rings. The minimum atomic E-state index is -0.359. The van der Waals surface area contributed by atoms with Gasteiger partial charge in [-0.1, -0.05) is 36.2 Å². The van der Waals surface area contributed by atoms with Crippen molar-refractivity contribution >= 4 is 23.2 Å². The van der Waals surface area contributed by atoms with Gasteiger partial charge in [-0.25, -0.2) is 4.39 Å². The summed E-state index contributed by atoms with van der Waals surface area (Å²) in [6, 6.07) is 9.81. The van der Waals surface area contributed by atoms with Gasteiger partial charge in [-0.15, -0.1) is 0 Å². The van der Waals surface area contributed by atoms with Crippen LogP contribution in [-0.4, -0.2) is 5.54 Å². The van der Waals surface area contributed by atoms with Crippen LogP contribution < -0.4 is 10.1 Å². The SMILES string of the molecule is CCC(C)(C)NCc1cc(Cl)ccc1OCc1ccc(F)cc1Cl. The molecule has 2 rings (SSSR count). The Morgan fingerprint density at radius 2 is 1.83 bits per heavy atom. The summed E-state index contributed by atoms with van der Waals surface area (Å²) >= 11 is 12.2. The summed E-state index contributed by atoms with van der Waals surface area (Å²) in [5.41, 5.74) is 1.74. The summed E-state index contributed by atoms with van der Waals surface area (Å²) in [5, 5.41) is 4.51. The Labute approximate surface area is 152 Å². The van der Waals surface area contributed by atoms with E-state index in [-0.39, 0.29) is 18.0 Å². The summed E-state index contributed by atoms with van der Waals surface area (Å²) in [7, 11) is 0. The molecule has 0 spiro atoms. The minimum Gasteiger partial charge on any atom is -0.489 e. The van der Waals surface area contributed by atoms with Crippen molar-refractivity contribution in [2.45, 2.75) is 45.9 Å². The molecule has 0 heterocycles. The molecule has 0 radical (unpaired) electrons. The molecule has 0 unspecified atom stereocenters. The first-order valence-electron chi connectivity index (χ1n) is 7.91. The molecule has 0 aromatic heterocycles. The fourth-order valence-corrected chi connectivity index (χ4v) is 2.50. The summed E-state index contributed by atoms with van der Waals surface area (Å²) < 4.78 is 19.0. The van der Waals surface area contributed by atoms with Crippen LogP contribution in [-0.2, 0) is 13.2 Å². The van der Waals surface area contributed by atoms with Gasteiger partial charge in [0, 0.05) is 28.2 Å². The summed E-state index contributed by atoms with van der Waals surface area (Å²) in [6.07, 6.45) is 1.01. The highest BCUT2D eigenvalue weighted by Gasteiger charge is 2.15. The van der Waals surface area contributed by atoms with Crippen LogP contribution in [0.3, 0.4) is 0 Å². The first-order chi connectivity index (χ1) is 11.3. The molecule has 0 aliphatic heterocycles. The van der Waals surface area contributed by atoms with Crippen LogP contribution in [0.5, 0.6) is 5.75 Å². The molecule has 0 amide bonds. The van der Waals surface area contributed by atoms with Crippen molar-refractivity contribution in [3.8, 4) is 5.75 Å². The van der Waals surface area contributed by atoms with Gasteiger partial charge in [-0.05, 0) is 50.6 Å². The van der Waals surface area contributed by atoms with E-state index in [2.05, 4.69) is 26.1 Å². The van der Waals surface area contributed by atoms with Crippen molar-refractivity contribution in [1.82, 2.24) is 5.32 Å². The molecule has 0 aliphatic rings. The lowest BCUT2D eigenvalue weighted by atomic mass is 10.0. The van der Waals surface area contributed by atoms with Crippen molar-refractivity contribution in [3.63, 3.8) is 0 Å². The van der Waals surface area contributed by atoms with Gasteiger partial charge in [0.05, 0.1) is 5.02 Å². The standard InChI is InChI=1S/C19H22Cl2FNO/c1-4-19(2,3)23-11-14-9-15(20)6-8-18(14)24-12-13-5-7-16(22)10-17(13)21/h5-10,23H,4,11-12H2,1-3H3. The molecule has 5 heteroatoms. The van der Waals surface area contributed by atoms with Gasteiger partial charge in [-0.3, -0.25) is 0 Å². The van der Waals surface area contributed by atoms with Crippen molar-refractivity contribution < 1.29 is 9.13 Å². The molecule has 2 aromatic carbocycles. The van der Waals surface area contributed by atoms with Crippen LogP contribution >= 0.6 is 23.2 Å². The van der Waals surface area contributed by atoms with Crippen molar-refractivity contribution in [2.24, 2.45) is 0 Å². The van der Waals surface area contributed by atoms with E-state index in [0.717, 1.165) is 23.3 Å². The van der Waals surface area contributed by atoms with Gasteiger partial charge < -0.3 is 10.1 Å². The summed E-state index contributed by atoms with van der Waals surface area (Å²) in [4.78, 5) is 0. The van der Waals surface area contributed by atoms with E-state index in [0.29, 0.717) is 16.6 Å². The van der Waals surface area contributed by atoms with Crippen LogP contribution in [0.15, 0.2) is 36.4 Å². The van der Waals surface area contributed by atoms with E-state index >= 15 is 0 Å². The van der Waals surface area contributed by atoms with Gasteiger partial charge in [-0.2, -0.15) is 0 Å². The summed E-state index contributed by atoms with van der Waals surface area (Å²) in [6.45, 7) is 7.35. The molecule has 0 saturated heterocycles. The van der Waals surface area contributed by atoms with E-state index in [1.54, 1.807) is 12.1 Å². The smallest absolute Gasteiger partial charge is 0.124 e. The molecule has 130 valence electrons. The molecule has 2 aromatic rings. The second kappa shape index (κ2) is 8.19. The maximum atomic E-state index is 13.1. The van der Waals surface area contributed by atoms with Crippen LogP contribution in [0.1, 0.15) is 38.3 Å². The molecule has 0 atom stereocenters. The lowest BCUT2D eigenvalue weighted by Crippen LogP contribution is -2.37.